The van der Waals surface area contributed by atoms with Gasteiger partial charge in [0.2, 0.25) is 6.79 Å². The zero-order valence-corrected chi connectivity index (χ0v) is 18.8. The summed E-state index contributed by atoms with van der Waals surface area (Å²) in [5, 5.41) is 2.92. The predicted octanol–water partition coefficient (Wildman–Crippen LogP) is 4.87. The Labute approximate surface area is 193 Å². The predicted molar refractivity (Wildman–Crippen MR) is 123 cm³/mol. The average molecular weight is 491 g/mol. The zero-order valence-electron chi connectivity index (χ0n) is 17.2. The van der Waals surface area contributed by atoms with Crippen LogP contribution in [-0.4, -0.2) is 27.7 Å². The highest BCUT2D eigenvalue weighted by atomic mass is 79.9. The molecule has 32 heavy (non-hydrogen) atoms. The molecule has 2 aromatic carbocycles. The van der Waals surface area contributed by atoms with Crippen LogP contribution >= 0.6 is 15.9 Å². The lowest BCUT2D eigenvalue weighted by Crippen LogP contribution is -2.23. The summed E-state index contributed by atoms with van der Waals surface area (Å²) in [6.07, 6.45) is 0. The molecule has 0 spiro atoms. The number of ether oxygens (including phenoxy) is 2. The van der Waals surface area contributed by atoms with Gasteiger partial charge < -0.3 is 19.8 Å². The van der Waals surface area contributed by atoms with E-state index in [4.69, 9.17) is 14.5 Å². The Morgan fingerprint density at radius 1 is 1.06 bits per heavy atom. The van der Waals surface area contributed by atoms with Crippen LogP contribution in [-0.2, 0) is 6.54 Å². The SMILES string of the molecule is Cc1cccc(-c2[nH]c(CNC(=O)c3cccc(Br)c3)nc2-c2ccc3c(c2)OCO3)n1. The molecule has 2 aromatic heterocycles. The van der Waals surface area contributed by atoms with Crippen molar-refractivity contribution in [3.8, 4) is 34.1 Å². The van der Waals surface area contributed by atoms with Crippen molar-refractivity contribution in [2.24, 2.45) is 0 Å². The fourth-order valence-electron chi connectivity index (χ4n) is 3.52. The lowest BCUT2D eigenvalue weighted by Gasteiger charge is -2.04. The highest BCUT2D eigenvalue weighted by molar-refractivity contribution is 9.10. The van der Waals surface area contributed by atoms with Crippen molar-refractivity contribution >= 4 is 21.8 Å². The molecule has 0 aliphatic carbocycles. The van der Waals surface area contributed by atoms with Gasteiger partial charge in [-0.25, -0.2) is 4.98 Å². The van der Waals surface area contributed by atoms with Crippen molar-refractivity contribution in [2.45, 2.75) is 13.5 Å². The van der Waals surface area contributed by atoms with Gasteiger partial charge in [-0.3, -0.25) is 9.78 Å². The number of H-pyrrole nitrogens is 1. The first-order valence-electron chi connectivity index (χ1n) is 10.0. The Kier molecular flexibility index (Phi) is 5.36. The Morgan fingerprint density at radius 3 is 2.75 bits per heavy atom. The number of nitrogens with one attached hydrogen (secondary N) is 2. The van der Waals surface area contributed by atoms with Crippen LogP contribution in [0.1, 0.15) is 21.9 Å². The summed E-state index contributed by atoms with van der Waals surface area (Å²) >= 11 is 3.39. The van der Waals surface area contributed by atoms with Crippen LogP contribution in [0.3, 0.4) is 0 Å². The number of nitrogens with zero attached hydrogens (tertiary/aromatic N) is 2. The van der Waals surface area contributed by atoms with Crippen LogP contribution in [0.5, 0.6) is 11.5 Å². The van der Waals surface area contributed by atoms with Gasteiger partial charge in [0.1, 0.15) is 5.82 Å². The number of pyridine rings is 1. The van der Waals surface area contributed by atoms with Crippen molar-refractivity contribution in [3.63, 3.8) is 0 Å². The second-order valence-corrected chi connectivity index (χ2v) is 8.25. The van der Waals surface area contributed by atoms with E-state index in [9.17, 15) is 4.79 Å². The van der Waals surface area contributed by atoms with Crippen molar-refractivity contribution in [1.82, 2.24) is 20.3 Å². The number of amides is 1. The van der Waals surface area contributed by atoms with Crippen molar-refractivity contribution < 1.29 is 14.3 Å². The largest absolute Gasteiger partial charge is 0.454 e. The molecule has 160 valence electrons. The van der Waals surface area contributed by atoms with E-state index in [0.717, 1.165) is 32.8 Å². The summed E-state index contributed by atoms with van der Waals surface area (Å²) in [7, 11) is 0. The van der Waals surface area contributed by atoms with Crippen molar-refractivity contribution in [2.75, 3.05) is 6.79 Å². The van der Waals surface area contributed by atoms with E-state index in [0.29, 0.717) is 22.9 Å². The summed E-state index contributed by atoms with van der Waals surface area (Å²) in [4.78, 5) is 25.3. The quantitative estimate of drug-likeness (QED) is 0.416. The monoisotopic (exact) mass is 490 g/mol. The van der Waals surface area contributed by atoms with Gasteiger partial charge >= 0.3 is 0 Å². The topological polar surface area (TPSA) is 89.1 Å². The van der Waals surface area contributed by atoms with Gasteiger partial charge in [-0.05, 0) is 55.5 Å². The molecule has 1 aliphatic rings. The number of imidazole rings is 1. The molecule has 7 nitrogen and oxygen atoms in total. The third-order valence-corrected chi connectivity index (χ3v) is 5.54. The number of fused-ring (bicyclic) bond motifs is 1. The molecule has 0 bridgehead atoms. The first-order chi connectivity index (χ1) is 15.6. The lowest BCUT2D eigenvalue weighted by atomic mass is 10.1. The Balaban J connectivity index is 1.48. The average Bonchev–Trinajstić information content (AvgIpc) is 3.44. The summed E-state index contributed by atoms with van der Waals surface area (Å²) < 4.78 is 11.8. The standard InChI is InChI=1S/C24H19BrN4O3/c1-14-4-2-7-18(27-14)23-22(15-8-9-19-20(11-15)32-13-31-19)28-21(29-23)12-26-24(30)16-5-3-6-17(25)10-16/h2-11H,12-13H2,1H3,(H,26,30)(H,28,29). The van der Waals surface area contributed by atoms with Gasteiger partial charge in [0, 0.05) is 21.3 Å². The summed E-state index contributed by atoms with van der Waals surface area (Å²) in [5.74, 6) is 1.83. The maximum atomic E-state index is 12.6. The second kappa shape index (κ2) is 8.47. The summed E-state index contributed by atoms with van der Waals surface area (Å²) in [5.41, 5.74) is 4.62. The van der Waals surface area contributed by atoms with Crippen LogP contribution in [0.4, 0.5) is 0 Å². The number of benzene rings is 2. The van der Waals surface area contributed by atoms with Crippen LogP contribution in [0.2, 0.25) is 0 Å². The molecule has 2 N–H and O–H groups in total. The van der Waals surface area contributed by atoms with E-state index >= 15 is 0 Å². The number of carbonyl (C=O) groups excluding carboxylic acids is 1. The van der Waals surface area contributed by atoms with Crippen LogP contribution < -0.4 is 14.8 Å². The zero-order chi connectivity index (χ0) is 22.1. The number of aryl methyl sites for hydroxylation is 1. The number of hydrogen-bond donors (Lipinski definition) is 2. The molecule has 0 atom stereocenters. The van der Waals surface area contributed by atoms with E-state index in [2.05, 4.69) is 31.2 Å². The molecule has 1 amide bonds. The smallest absolute Gasteiger partial charge is 0.251 e. The fourth-order valence-corrected chi connectivity index (χ4v) is 3.92. The third-order valence-electron chi connectivity index (χ3n) is 5.05. The number of aromatic nitrogens is 3. The highest BCUT2D eigenvalue weighted by Gasteiger charge is 2.20. The second-order valence-electron chi connectivity index (χ2n) is 7.33. The van der Waals surface area contributed by atoms with E-state index in [1.807, 2.05) is 55.5 Å². The van der Waals surface area contributed by atoms with Crippen molar-refractivity contribution in [3.05, 3.63) is 82.2 Å². The molecule has 4 aromatic rings. The van der Waals surface area contributed by atoms with Gasteiger partial charge in [0.25, 0.3) is 5.91 Å². The molecule has 3 heterocycles. The molecular formula is C24H19BrN4O3. The minimum Gasteiger partial charge on any atom is -0.454 e. The molecule has 0 radical (unpaired) electrons. The fraction of sp³-hybridized carbons (Fsp3) is 0.125. The molecule has 0 unspecified atom stereocenters. The Bertz CT molecular complexity index is 1320. The van der Waals surface area contributed by atoms with Crippen molar-refractivity contribution in [1.29, 1.82) is 0 Å². The first kappa shape index (κ1) is 20.3. The first-order valence-corrected chi connectivity index (χ1v) is 10.8. The van der Waals surface area contributed by atoms with Crippen LogP contribution in [0.15, 0.2) is 65.1 Å². The normalized spacial score (nSPS) is 12.1. The number of rotatable bonds is 5. The van der Waals surface area contributed by atoms with E-state index in [-0.39, 0.29) is 19.2 Å². The highest BCUT2D eigenvalue weighted by Crippen LogP contribution is 2.38. The number of aromatic amines is 1. The number of halogens is 1. The maximum absolute atomic E-state index is 12.6. The van der Waals surface area contributed by atoms with E-state index in [1.165, 1.54) is 0 Å². The van der Waals surface area contributed by atoms with Gasteiger partial charge in [-0.2, -0.15) is 0 Å². The minimum atomic E-state index is -0.178. The lowest BCUT2D eigenvalue weighted by molar-refractivity contribution is 0.0950. The molecule has 1 aliphatic heterocycles. The maximum Gasteiger partial charge on any atom is 0.251 e. The molecule has 0 saturated heterocycles. The Morgan fingerprint density at radius 2 is 1.91 bits per heavy atom. The molecule has 0 fully saturated rings. The summed E-state index contributed by atoms with van der Waals surface area (Å²) in [6, 6.07) is 18.8. The molecule has 5 rings (SSSR count). The van der Waals surface area contributed by atoms with E-state index in [1.54, 1.807) is 12.1 Å². The Hall–Kier alpha value is -3.65. The molecule has 0 saturated carbocycles. The number of carbonyl (C=O) groups is 1. The van der Waals surface area contributed by atoms with Gasteiger partial charge in [0.05, 0.1) is 23.6 Å². The molecular weight excluding hydrogens is 472 g/mol. The van der Waals surface area contributed by atoms with Gasteiger partial charge in [-0.1, -0.05) is 28.1 Å². The van der Waals surface area contributed by atoms with Gasteiger partial charge in [0.15, 0.2) is 11.5 Å². The minimum absolute atomic E-state index is 0.178. The van der Waals surface area contributed by atoms with E-state index < -0.39 is 0 Å². The molecule has 8 heteroatoms. The van der Waals surface area contributed by atoms with Crippen LogP contribution in [0.25, 0.3) is 22.6 Å². The number of hydrogen-bond acceptors (Lipinski definition) is 5. The summed E-state index contributed by atoms with van der Waals surface area (Å²) in [6.45, 7) is 2.40. The van der Waals surface area contributed by atoms with Crippen LogP contribution in [0, 0.1) is 6.92 Å². The third kappa shape index (κ3) is 4.09. The van der Waals surface area contributed by atoms with Gasteiger partial charge in [-0.15, -0.1) is 0 Å².